The minimum absolute atomic E-state index is 0.0186. The number of carbonyl (C=O) groups excluding carboxylic acids is 4. The summed E-state index contributed by atoms with van der Waals surface area (Å²) in [4.78, 5) is 47.5. The molecule has 0 bridgehead atoms. The molecule has 0 saturated heterocycles. The highest BCUT2D eigenvalue weighted by molar-refractivity contribution is 8.01. The quantitative estimate of drug-likeness (QED) is 0.125. The number of carbonyl (C=O) groups is 4. The lowest BCUT2D eigenvalue weighted by atomic mass is 9.84. The molecule has 2 unspecified atom stereocenters. The minimum Gasteiger partial charge on any atom is -0.355 e. The van der Waals surface area contributed by atoms with E-state index < -0.39 is 53.0 Å². The maximum absolute atomic E-state index is 12.9. The number of ketones is 2. The molecule has 28 heavy (non-hydrogen) atoms. The summed E-state index contributed by atoms with van der Waals surface area (Å²) in [6.45, 7) is 3.85. The van der Waals surface area contributed by atoms with Crippen LogP contribution in [-0.4, -0.2) is 72.0 Å². The molecule has 0 heterocycles. The zero-order valence-corrected chi connectivity index (χ0v) is 17.4. The molecule has 0 aromatic heterocycles. The van der Waals surface area contributed by atoms with E-state index in [1.807, 2.05) is 0 Å². The fourth-order valence-corrected chi connectivity index (χ4v) is 3.54. The lowest BCUT2D eigenvalue weighted by molar-refractivity contribution is -0.143. The summed E-state index contributed by atoms with van der Waals surface area (Å²) in [5.41, 5.74) is 20.4. The molecule has 11 nitrogen and oxygen atoms in total. The number of hydrogen-bond acceptors (Lipinski definition) is 10. The first-order chi connectivity index (χ1) is 13.0. The Kier molecular flexibility index (Phi) is 11.4. The van der Waals surface area contributed by atoms with E-state index in [9.17, 15) is 19.2 Å². The van der Waals surface area contributed by atoms with Crippen molar-refractivity contribution in [3.8, 4) is 0 Å². The molecule has 0 radical (unpaired) electrons. The first kappa shape index (κ1) is 26.4. The van der Waals surface area contributed by atoms with Crippen LogP contribution in [0.5, 0.6) is 0 Å². The van der Waals surface area contributed by atoms with Crippen LogP contribution < -0.4 is 33.6 Å². The third-order valence-electron chi connectivity index (χ3n) is 3.94. The third-order valence-corrected chi connectivity index (χ3v) is 5.14. The molecule has 0 spiro atoms. The maximum Gasteiger partial charge on any atom is 0.264 e. The van der Waals surface area contributed by atoms with Gasteiger partial charge in [0.2, 0.25) is 5.91 Å². The fraction of sp³-hybridized carbons (Fsp3) is 0.750. The number of amides is 2. The van der Waals surface area contributed by atoms with Gasteiger partial charge in [-0.15, -0.1) is 11.8 Å². The maximum atomic E-state index is 12.9. The molecule has 0 aromatic rings. The highest BCUT2D eigenvalue weighted by atomic mass is 32.2. The van der Waals surface area contributed by atoms with Crippen LogP contribution in [0.1, 0.15) is 27.2 Å². The van der Waals surface area contributed by atoms with Crippen LogP contribution >= 0.6 is 11.8 Å². The van der Waals surface area contributed by atoms with E-state index in [2.05, 4.69) is 10.6 Å². The number of nitrogens with one attached hydrogen (secondary N) is 2. The molecule has 10 N–H and O–H groups in total. The molecule has 0 aliphatic rings. The zero-order valence-electron chi connectivity index (χ0n) is 16.6. The van der Waals surface area contributed by atoms with Crippen LogP contribution in [-0.2, 0) is 23.9 Å². The Balaban J connectivity index is 5.88. The Bertz CT molecular complexity index is 570. The molecule has 162 valence electrons. The van der Waals surface area contributed by atoms with Crippen LogP contribution in [0.25, 0.3) is 0 Å². The predicted molar refractivity (Wildman–Crippen MR) is 107 cm³/mol. The van der Waals surface area contributed by atoms with E-state index in [0.717, 1.165) is 18.7 Å². The van der Waals surface area contributed by atoms with Crippen LogP contribution in [0.15, 0.2) is 0 Å². The van der Waals surface area contributed by atoms with Gasteiger partial charge in [0.05, 0.1) is 19.3 Å². The van der Waals surface area contributed by atoms with E-state index in [4.69, 9.17) is 27.7 Å². The van der Waals surface area contributed by atoms with Gasteiger partial charge in [0.15, 0.2) is 16.5 Å². The number of Topliss-reactive ketones (excluding diaryl/α,β-unsaturated/α-hetero) is 2. The van der Waals surface area contributed by atoms with Gasteiger partial charge >= 0.3 is 0 Å². The topological polar surface area (TPSA) is 206 Å². The van der Waals surface area contributed by atoms with E-state index in [1.54, 1.807) is 13.8 Å². The molecule has 0 saturated carbocycles. The number of ether oxygens (including phenoxy) is 1. The van der Waals surface area contributed by atoms with Crippen molar-refractivity contribution in [3.05, 3.63) is 0 Å². The molecule has 0 aliphatic heterocycles. The lowest BCUT2D eigenvalue weighted by Gasteiger charge is -2.38. The van der Waals surface area contributed by atoms with Gasteiger partial charge in [0, 0.05) is 19.6 Å². The summed E-state index contributed by atoms with van der Waals surface area (Å²) >= 11 is 1.08. The van der Waals surface area contributed by atoms with Gasteiger partial charge < -0.3 is 38.3 Å². The highest BCUT2D eigenvalue weighted by Crippen LogP contribution is 2.35. The van der Waals surface area contributed by atoms with Crippen LogP contribution in [0.2, 0.25) is 0 Å². The van der Waals surface area contributed by atoms with E-state index in [0.29, 0.717) is 5.75 Å². The van der Waals surface area contributed by atoms with Crippen LogP contribution in [0.4, 0.5) is 0 Å². The zero-order chi connectivity index (χ0) is 22.0. The lowest BCUT2D eigenvalue weighted by Crippen LogP contribution is -2.64. The normalized spacial score (nSPS) is 16.4. The first-order valence-corrected chi connectivity index (χ1v) is 9.86. The molecular formula is C16H32N6O5S. The second-order valence-corrected chi connectivity index (χ2v) is 7.57. The molecule has 0 aliphatic carbocycles. The predicted octanol–water partition coefficient (Wildman–Crippen LogP) is -2.85. The second kappa shape index (κ2) is 12.1. The Morgan fingerprint density at radius 2 is 1.79 bits per heavy atom. The average Bonchev–Trinajstić information content (AvgIpc) is 2.65. The molecule has 0 aromatic carbocycles. The largest absolute Gasteiger partial charge is 0.355 e. The van der Waals surface area contributed by atoms with Gasteiger partial charge in [-0.2, -0.15) is 0 Å². The third kappa shape index (κ3) is 7.11. The number of rotatable bonds is 14. The molecular weight excluding hydrogens is 388 g/mol. The summed E-state index contributed by atoms with van der Waals surface area (Å²) in [5.74, 6) is -2.23. The fourth-order valence-electron chi connectivity index (χ4n) is 2.35. The van der Waals surface area contributed by atoms with Crippen molar-refractivity contribution in [1.29, 1.82) is 0 Å². The van der Waals surface area contributed by atoms with Crippen LogP contribution in [0, 0.1) is 0 Å². The Hall–Kier alpha value is -1.57. The van der Waals surface area contributed by atoms with Gasteiger partial charge in [0.1, 0.15) is 5.54 Å². The average molecular weight is 421 g/mol. The molecule has 0 fully saturated rings. The Morgan fingerprint density at radius 1 is 1.18 bits per heavy atom. The van der Waals surface area contributed by atoms with Crippen LogP contribution in [0.3, 0.4) is 0 Å². The summed E-state index contributed by atoms with van der Waals surface area (Å²) < 4.78 is 5.68. The smallest absolute Gasteiger partial charge is 0.264 e. The summed E-state index contributed by atoms with van der Waals surface area (Å²) in [7, 11) is 0. The molecule has 0 rings (SSSR count). The van der Waals surface area contributed by atoms with E-state index >= 15 is 0 Å². The second-order valence-electron chi connectivity index (χ2n) is 6.04. The van der Waals surface area contributed by atoms with Crippen molar-refractivity contribution >= 4 is 35.1 Å². The monoisotopic (exact) mass is 420 g/mol. The van der Waals surface area contributed by atoms with Gasteiger partial charge in [-0.25, -0.2) is 0 Å². The van der Waals surface area contributed by atoms with Gasteiger partial charge in [-0.1, -0.05) is 6.92 Å². The number of nitrogens with two attached hydrogens (primary N) is 4. The summed E-state index contributed by atoms with van der Waals surface area (Å²) in [6, 6.07) is 0. The van der Waals surface area contributed by atoms with Crippen molar-refractivity contribution in [1.82, 2.24) is 10.6 Å². The first-order valence-electron chi connectivity index (χ1n) is 8.87. The summed E-state index contributed by atoms with van der Waals surface area (Å²) in [5, 5.41) is 4.79. The molecule has 2 amide bonds. The van der Waals surface area contributed by atoms with Gasteiger partial charge in [-0.05, 0) is 19.6 Å². The molecule has 12 heteroatoms. The van der Waals surface area contributed by atoms with E-state index in [1.165, 1.54) is 0 Å². The Morgan fingerprint density at radius 3 is 2.21 bits per heavy atom. The SMILES string of the molecule is CCO[C@@](CC(N)(C(C)=O)C(=O)CNC(=O)CN)(SCC)C(=O)NC(N)CN. The van der Waals surface area contributed by atoms with Crippen molar-refractivity contribution in [2.24, 2.45) is 22.9 Å². The Labute approximate surface area is 169 Å². The minimum atomic E-state index is -2.07. The molecule has 3 atom stereocenters. The summed E-state index contributed by atoms with van der Waals surface area (Å²) in [6.07, 6.45) is -1.28. The van der Waals surface area contributed by atoms with E-state index in [-0.39, 0.29) is 19.7 Å². The van der Waals surface area contributed by atoms with Crippen molar-refractivity contribution in [2.45, 2.75) is 43.8 Å². The number of hydrogen-bond donors (Lipinski definition) is 6. The van der Waals surface area contributed by atoms with Gasteiger partial charge in [-0.3, -0.25) is 19.2 Å². The van der Waals surface area contributed by atoms with Crippen molar-refractivity contribution in [2.75, 3.05) is 32.0 Å². The van der Waals surface area contributed by atoms with Gasteiger partial charge in [0.25, 0.3) is 5.91 Å². The number of thioether (sulfide) groups is 1. The van der Waals surface area contributed by atoms with Crippen molar-refractivity contribution < 1.29 is 23.9 Å². The standard InChI is InChI=1S/C16H32N6O5S/c1-4-27-16(28-5-2,14(26)22-12(19)6-17)9-15(20,10(3)23)11(24)8-21-13(25)7-18/h12H,4-9,17-20H2,1-3H3,(H,21,25)(H,22,26)/t12?,15?,16-/m0/s1. The highest BCUT2D eigenvalue weighted by Gasteiger charge is 2.51. The van der Waals surface area contributed by atoms with Crippen molar-refractivity contribution in [3.63, 3.8) is 0 Å².